The average Bonchev–Trinajstić information content (AvgIpc) is 3.03. The molecule has 1 N–H and O–H groups in total. The van der Waals surface area contributed by atoms with E-state index in [1.54, 1.807) is 13.2 Å². The maximum atomic E-state index is 12.2. The molecule has 0 unspecified atom stereocenters. The van der Waals surface area contributed by atoms with E-state index in [0.717, 1.165) is 28.4 Å². The minimum absolute atomic E-state index is 0.189. The number of carbonyl (C=O) groups excluding carboxylic acids is 1. The number of carbonyl (C=O) groups is 1. The number of anilines is 1. The fourth-order valence-corrected chi connectivity index (χ4v) is 2.67. The predicted octanol–water partition coefficient (Wildman–Crippen LogP) is 3.77. The Labute approximate surface area is 138 Å². The molecule has 116 valence electrons. The van der Waals surface area contributed by atoms with Crippen molar-refractivity contribution in [1.29, 1.82) is 0 Å². The van der Waals surface area contributed by atoms with Crippen LogP contribution in [0.4, 0.5) is 5.13 Å². The Bertz CT molecular complexity index is 828. The maximum absolute atomic E-state index is 12.2. The quantitative estimate of drug-likeness (QED) is 0.793. The number of aryl methyl sites for hydroxylation is 1. The second kappa shape index (κ2) is 6.58. The Balaban J connectivity index is 1.75. The van der Waals surface area contributed by atoms with Crippen molar-refractivity contribution in [2.75, 3.05) is 12.4 Å². The van der Waals surface area contributed by atoms with E-state index >= 15 is 0 Å². The molecule has 0 aliphatic rings. The van der Waals surface area contributed by atoms with E-state index in [2.05, 4.69) is 14.7 Å². The highest BCUT2D eigenvalue weighted by Gasteiger charge is 2.11. The minimum Gasteiger partial charge on any atom is -0.497 e. The van der Waals surface area contributed by atoms with Crippen LogP contribution in [0.25, 0.3) is 11.4 Å². The molecule has 0 bridgehead atoms. The first-order chi connectivity index (χ1) is 11.2. The van der Waals surface area contributed by atoms with Gasteiger partial charge < -0.3 is 4.74 Å². The molecule has 0 fully saturated rings. The summed E-state index contributed by atoms with van der Waals surface area (Å²) < 4.78 is 9.41. The van der Waals surface area contributed by atoms with Crippen LogP contribution in [0.3, 0.4) is 0 Å². The second-order valence-corrected chi connectivity index (χ2v) is 5.73. The monoisotopic (exact) mass is 325 g/mol. The van der Waals surface area contributed by atoms with E-state index in [1.807, 2.05) is 49.4 Å². The molecule has 0 aliphatic carbocycles. The van der Waals surface area contributed by atoms with E-state index in [9.17, 15) is 4.79 Å². The standard InChI is InChI=1S/C17H15N3O2S/c1-11-4-3-5-13(10-11)16(21)19-17-18-15(20-23-17)12-6-8-14(22-2)9-7-12/h3-10H,1-2H3,(H,18,19,20,21). The SMILES string of the molecule is COc1ccc(-c2nsc(NC(=O)c3cccc(C)c3)n2)cc1. The molecule has 23 heavy (non-hydrogen) atoms. The van der Waals surface area contributed by atoms with Gasteiger partial charge in [-0.05, 0) is 43.3 Å². The molecule has 6 heteroatoms. The van der Waals surface area contributed by atoms with Gasteiger partial charge in [-0.1, -0.05) is 17.7 Å². The highest BCUT2D eigenvalue weighted by atomic mass is 32.1. The van der Waals surface area contributed by atoms with Gasteiger partial charge in [0.2, 0.25) is 5.13 Å². The topological polar surface area (TPSA) is 64.1 Å². The fourth-order valence-electron chi connectivity index (χ4n) is 2.09. The van der Waals surface area contributed by atoms with Crippen LogP contribution in [0, 0.1) is 6.92 Å². The van der Waals surface area contributed by atoms with Crippen molar-refractivity contribution in [1.82, 2.24) is 9.36 Å². The molecular weight excluding hydrogens is 310 g/mol. The van der Waals surface area contributed by atoms with Gasteiger partial charge in [0.15, 0.2) is 5.82 Å². The Morgan fingerprint density at radius 2 is 1.96 bits per heavy atom. The predicted molar refractivity (Wildman–Crippen MR) is 91.0 cm³/mol. The zero-order chi connectivity index (χ0) is 16.2. The summed E-state index contributed by atoms with van der Waals surface area (Å²) in [5, 5.41) is 3.25. The molecule has 1 aromatic heterocycles. The zero-order valence-corrected chi connectivity index (χ0v) is 13.6. The third kappa shape index (κ3) is 3.54. The molecule has 0 atom stereocenters. The van der Waals surface area contributed by atoms with Gasteiger partial charge in [0.1, 0.15) is 5.75 Å². The molecule has 0 saturated carbocycles. The summed E-state index contributed by atoms with van der Waals surface area (Å²) in [6.07, 6.45) is 0. The van der Waals surface area contributed by atoms with Gasteiger partial charge in [-0.2, -0.15) is 9.36 Å². The molecule has 1 amide bonds. The molecule has 1 heterocycles. The van der Waals surface area contributed by atoms with Crippen molar-refractivity contribution < 1.29 is 9.53 Å². The van der Waals surface area contributed by atoms with Crippen molar-refractivity contribution in [3.05, 3.63) is 59.7 Å². The van der Waals surface area contributed by atoms with Crippen molar-refractivity contribution in [2.45, 2.75) is 6.92 Å². The number of amides is 1. The summed E-state index contributed by atoms with van der Waals surface area (Å²) >= 11 is 1.16. The number of hydrogen-bond acceptors (Lipinski definition) is 5. The van der Waals surface area contributed by atoms with E-state index < -0.39 is 0 Å². The molecule has 0 spiro atoms. The number of nitrogens with zero attached hydrogens (tertiary/aromatic N) is 2. The van der Waals surface area contributed by atoms with Gasteiger partial charge in [0, 0.05) is 22.7 Å². The van der Waals surface area contributed by atoms with Gasteiger partial charge in [0.25, 0.3) is 5.91 Å². The number of hydrogen-bond donors (Lipinski definition) is 1. The number of benzene rings is 2. The highest BCUT2D eigenvalue weighted by Crippen LogP contribution is 2.23. The molecule has 0 radical (unpaired) electrons. The number of methoxy groups -OCH3 is 1. The summed E-state index contributed by atoms with van der Waals surface area (Å²) in [7, 11) is 1.62. The summed E-state index contributed by atoms with van der Waals surface area (Å²) in [5.41, 5.74) is 2.51. The molecule has 2 aromatic carbocycles. The van der Waals surface area contributed by atoms with Crippen molar-refractivity contribution >= 4 is 22.6 Å². The van der Waals surface area contributed by atoms with Crippen LogP contribution in [0.15, 0.2) is 48.5 Å². The largest absolute Gasteiger partial charge is 0.497 e. The first-order valence-electron chi connectivity index (χ1n) is 7.02. The van der Waals surface area contributed by atoms with Crippen molar-refractivity contribution in [3.8, 4) is 17.1 Å². The third-order valence-electron chi connectivity index (χ3n) is 3.27. The highest BCUT2D eigenvalue weighted by molar-refractivity contribution is 7.10. The van der Waals surface area contributed by atoms with Crippen LogP contribution in [-0.2, 0) is 0 Å². The Hall–Kier alpha value is -2.73. The van der Waals surface area contributed by atoms with Gasteiger partial charge in [-0.3, -0.25) is 10.1 Å². The molecule has 3 rings (SSSR count). The van der Waals surface area contributed by atoms with Crippen molar-refractivity contribution in [3.63, 3.8) is 0 Å². The molecule has 0 saturated heterocycles. The average molecular weight is 325 g/mol. The summed E-state index contributed by atoms with van der Waals surface area (Å²) in [5.74, 6) is 1.17. The van der Waals surface area contributed by atoms with E-state index in [1.165, 1.54) is 0 Å². The summed E-state index contributed by atoms with van der Waals surface area (Å²) in [6, 6.07) is 14.9. The number of nitrogens with one attached hydrogen (secondary N) is 1. The fraction of sp³-hybridized carbons (Fsp3) is 0.118. The molecule has 3 aromatic rings. The summed E-state index contributed by atoms with van der Waals surface area (Å²) in [4.78, 5) is 16.6. The lowest BCUT2D eigenvalue weighted by Gasteiger charge is -2.02. The number of rotatable bonds is 4. The van der Waals surface area contributed by atoms with E-state index in [-0.39, 0.29) is 5.91 Å². The van der Waals surface area contributed by atoms with Gasteiger partial charge >= 0.3 is 0 Å². The van der Waals surface area contributed by atoms with Gasteiger partial charge in [0.05, 0.1) is 7.11 Å². The molecular formula is C17H15N3O2S. The second-order valence-electron chi connectivity index (χ2n) is 4.98. The lowest BCUT2D eigenvalue weighted by atomic mass is 10.1. The third-order valence-corrected chi connectivity index (χ3v) is 3.91. The van der Waals surface area contributed by atoms with Crippen LogP contribution in [-0.4, -0.2) is 22.4 Å². The Morgan fingerprint density at radius 3 is 2.65 bits per heavy atom. The van der Waals surface area contributed by atoms with Gasteiger partial charge in [-0.25, -0.2) is 0 Å². The van der Waals surface area contributed by atoms with Crippen LogP contribution in [0.5, 0.6) is 5.75 Å². The number of ether oxygens (including phenoxy) is 1. The molecule has 5 nitrogen and oxygen atoms in total. The number of aromatic nitrogens is 2. The van der Waals surface area contributed by atoms with Crippen LogP contribution in [0.2, 0.25) is 0 Å². The van der Waals surface area contributed by atoms with E-state index in [0.29, 0.717) is 16.5 Å². The van der Waals surface area contributed by atoms with Crippen LogP contribution < -0.4 is 10.1 Å². The normalized spacial score (nSPS) is 10.3. The Kier molecular flexibility index (Phi) is 4.34. The van der Waals surface area contributed by atoms with E-state index in [4.69, 9.17) is 4.74 Å². The smallest absolute Gasteiger partial charge is 0.257 e. The van der Waals surface area contributed by atoms with Crippen LogP contribution in [0.1, 0.15) is 15.9 Å². The Morgan fingerprint density at radius 1 is 1.17 bits per heavy atom. The minimum atomic E-state index is -0.189. The first-order valence-corrected chi connectivity index (χ1v) is 7.79. The maximum Gasteiger partial charge on any atom is 0.257 e. The molecule has 0 aliphatic heterocycles. The lowest BCUT2D eigenvalue weighted by molar-refractivity contribution is 0.102. The van der Waals surface area contributed by atoms with Gasteiger partial charge in [-0.15, -0.1) is 0 Å². The van der Waals surface area contributed by atoms with Crippen LogP contribution >= 0.6 is 11.5 Å². The first kappa shape index (κ1) is 15.2. The van der Waals surface area contributed by atoms with Crippen molar-refractivity contribution in [2.24, 2.45) is 0 Å². The zero-order valence-electron chi connectivity index (χ0n) is 12.7. The summed E-state index contributed by atoms with van der Waals surface area (Å²) in [6.45, 7) is 1.95. The lowest BCUT2D eigenvalue weighted by Crippen LogP contribution is -2.11.